The Kier molecular flexibility index (Phi) is 8.86. The number of carbonyl (C=O) groups is 2. The average Bonchev–Trinajstić information content (AvgIpc) is 3.32. The second kappa shape index (κ2) is 12.5. The molecule has 1 heterocycles. The average molecular weight is 584 g/mol. The molecule has 6 heteroatoms. The van der Waals surface area contributed by atoms with Gasteiger partial charge in [-0.2, -0.15) is 0 Å². The number of benzene rings is 4. The first kappa shape index (κ1) is 29.0. The van der Waals surface area contributed by atoms with Crippen LogP contribution in [-0.4, -0.2) is 34.4 Å². The van der Waals surface area contributed by atoms with Crippen molar-refractivity contribution in [3.8, 4) is 0 Å². The van der Waals surface area contributed by atoms with Crippen molar-refractivity contribution in [1.29, 1.82) is 0 Å². The standard InChI is InChI=1S/C35H34ClNO3S/c1-24(2)32-35(27-15-9-5-10-16-27,28-17-11-6-12-18-28)40-34(39)37(32)33(41-3)30(25-19-21-29(36)22-20-25)23-31(38)26-13-7-4-8-14-26/h4-22,24,30,32-33H,23H2,1-3H3/t30-,32+,33+/m1/s1. The Bertz CT molecular complexity index is 1420. The van der Waals surface area contributed by atoms with E-state index in [1.807, 2.05) is 126 Å². The number of ketones is 1. The maximum atomic E-state index is 14.2. The van der Waals surface area contributed by atoms with Crippen molar-refractivity contribution in [2.75, 3.05) is 6.26 Å². The quantitative estimate of drug-likeness (QED) is 0.175. The summed E-state index contributed by atoms with van der Waals surface area (Å²) in [6, 6.07) is 36.6. The van der Waals surface area contributed by atoms with Gasteiger partial charge in [-0.3, -0.25) is 9.69 Å². The summed E-state index contributed by atoms with van der Waals surface area (Å²) in [6.07, 6.45) is 1.84. The van der Waals surface area contributed by atoms with Crippen molar-refractivity contribution in [2.24, 2.45) is 5.92 Å². The van der Waals surface area contributed by atoms with E-state index in [-0.39, 0.29) is 41.5 Å². The molecule has 0 bridgehead atoms. The Balaban J connectivity index is 1.65. The summed E-state index contributed by atoms with van der Waals surface area (Å²) in [7, 11) is 0. The molecule has 1 aliphatic rings. The first-order valence-electron chi connectivity index (χ1n) is 13.9. The van der Waals surface area contributed by atoms with Gasteiger partial charge >= 0.3 is 6.09 Å². The van der Waals surface area contributed by atoms with Gasteiger partial charge in [0.1, 0.15) is 0 Å². The molecule has 4 nitrogen and oxygen atoms in total. The molecule has 0 aromatic heterocycles. The lowest BCUT2D eigenvalue weighted by atomic mass is 9.75. The third kappa shape index (κ3) is 5.66. The van der Waals surface area contributed by atoms with Crippen LogP contribution in [-0.2, 0) is 10.3 Å². The number of hydrogen-bond donors (Lipinski definition) is 0. The van der Waals surface area contributed by atoms with E-state index in [9.17, 15) is 9.59 Å². The number of nitrogens with zero attached hydrogens (tertiary/aromatic N) is 1. The van der Waals surface area contributed by atoms with Crippen LogP contribution in [0.4, 0.5) is 4.79 Å². The number of rotatable bonds is 10. The minimum Gasteiger partial charge on any atom is -0.431 e. The molecule has 210 valence electrons. The molecule has 1 amide bonds. The van der Waals surface area contributed by atoms with Crippen LogP contribution >= 0.6 is 23.4 Å². The van der Waals surface area contributed by atoms with Crippen LogP contribution in [0, 0.1) is 5.92 Å². The zero-order chi connectivity index (χ0) is 29.0. The minimum atomic E-state index is -1.02. The number of cyclic esters (lactones) is 1. The molecule has 0 spiro atoms. The molecule has 1 aliphatic heterocycles. The van der Waals surface area contributed by atoms with Gasteiger partial charge in [0.25, 0.3) is 0 Å². The zero-order valence-electron chi connectivity index (χ0n) is 23.4. The van der Waals surface area contributed by atoms with Gasteiger partial charge in [0.15, 0.2) is 11.4 Å². The summed E-state index contributed by atoms with van der Waals surface area (Å²) in [5.74, 6) is -0.242. The van der Waals surface area contributed by atoms with Crippen molar-refractivity contribution >= 4 is 35.2 Å². The normalized spacial score (nSPS) is 17.7. The minimum absolute atomic E-state index is 0.0237. The summed E-state index contributed by atoms with van der Waals surface area (Å²) in [4.78, 5) is 29.7. The second-order valence-corrected chi connectivity index (χ2v) is 12.1. The Hall–Kier alpha value is -3.54. The molecule has 0 saturated carbocycles. The van der Waals surface area contributed by atoms with Crippen molar-refractivity contribution in [3.05, 3.63) is 143 Å². The zero-order valence-corrected chi connectivity index (χ0v) is 25.0. The van der Waals surface area contributed by atoms with Crippen LogP contribution < -0.4 is 0 Å². The third-order valence-electron chi connectivity index (χ3n) is 7.87. The Morgan fingerprint density at radius 3 is 1.85 bits per heavy atom. The number of thioether (sulfide) groups is 1. The van der Waals surface area contributed by atoms with Crippen LogP contribution in [0.2, 0.25) is 5.02 Å². The van der Waals surface area contributed by atoms with Gasteiger partial charge in [0.2, 0.25) is 0 Å². The van der Waals surface area contributed by atoms with Gasteiger partial charge in [-0.15, -0.1) is 11.8 Å². The number of Topliss-reactive ketones (excluding diaryl/α,β-unsaturated/α-hetero) is 1. The summed E-state index contributed by atoms with van der Waals surface area (Å²) >= 11 is 7.83. The van der Waals surface area contributed by atoms with E-state index in [0.29, 0.717) is 10.6 Å². The largest absolute Gasteiger partial charge is 0.431 e. The highest BCUT2D eigenvalue weighted by Crippen LogP contribution is 2.51. The Morgan fingerprint density at radius 2 is 1.37 bits per heavy atom. The lowest BCUT2D eigenvalue weighted by molar-refractivity contribution is 0.0538. The SMILES string of the molecule is CS[C@@H]([C@H](CC(=O)c1ccccc1)c1ccc(Cl)cc1)N1C(=O)OC(c2ccccc2)(c2ccccc2)[C@@H]1C(C)C. The van der Waals surface area contributed by atoms with Gasteiger partial charge < -0.3 is 4.74 Å². The van der Waals surface area contributed by atoms with Crippen molar-refractivity contribution in [1.82, 2.24) is 4.90 Å². The van der Waals surface area contributed by atoms with E-state index in [4.69, 9.17) is 16.3 Å². The maximum Gasteiger partial charge on any atom is 0.412 e. The monoisotopic (exact) mass is 583 g/mol. The van der Waals surface area contributed by atoms with Crippen LogP contribution in [0.15, 0.2) is 115 Å². The number of halogens is 1. The molecule has 41 heavy (non-hydrogen) atoms. The second-order valence-electron chi connectivity index (χ2n) is 10.7. The van der Waals surface area contributed by atoms with Gasteiger partial charge in [0, 0.05) is 34.1 Å². The highest BCUT2D eigenvalue weighted by molar-refractivity contribution is 7.99. The molecule has 0 unspecified atom stereocenters. The van der Waals surface area contributed by atoms with Crippen LogP contribution in [0.1, 0.15) is 53.2 Å². The lowest BCUT2D eigenvalue weighted by Crippen LogP contribution is -2.52. The number of ether oxygens (including phenoxy) is 1. The Morgan fingerprint density at radius 1 is 0.854 bits per heavy atom. The van der Waals surface area contributed by atoms with Gasteiger partial charge in [-0.05, 0) is 29.9 Å². The molecule has 0 aliphatic carbocycles. The van der Waals surface area contributed by atoms with Crippen molar-refractivity contribution in [2.45, 2.75) is 43.2 Å². The van der Waals surface area contributed by atoms with E-state index < -0.39 is 5.60 Å². The fourth-order valence-corrected chi connectivity index (χ4v) is 7.27. The molecule has 1 saturated heterocycles. The Labute approximate surface area is 251 Å². The van der Waals surface area contributed by atoms with Gasteiger partial charge in [0.05, 0.1) is 11.4 Å². The van der Waals surface area contributed by atoms with E-state index in [0.717, 1.165) is 16.7 Å². The fraction of sp³-hybridized carbons (Fsp3) is 0.257. The molecule has 4 aromatic rings. The number of hydrogen-bond acceptors (Lipinski definition) is 4. The predicted molar refractivity (Wildman–Crippen MR) is 167 cm³/mol. The number of carbonyl (C=O) groups excluding carboxylic acids is 2. The maximum absolute atomic E-state index is 14.2. The predicted octanol–water partition coefficient (Wildman–Crippen LogP) is 8.81. The summed E-state index contributed by atoms with van der Waals surface area (Å²) < 4.78 is 6.55. The fourth-order valence-electron chi connectivity index (χ4n) is 6.12. The van der Waals surface area contributed by atoms with E-state index in [2.05, 4.69) is 13.8 Å². The third-order valence-corrected chi connectivity index (χ3v) is 9.16. The molecule has 4 aromatic carbocycles. The summed E-state index contributed by atoms with van der Waals surface area (Å²) in [5.41, 5.74) is 2.42. The van der Waals surface area contributed by atoms with E-state index in [1.165, 1.54) is 0 Å². The molecule has 1 fully saturated rings. The molecular weight excluding hydrogens is 550 g/mol. The van der Waals surface area contributed by atoms with Crippen LogP contribution in [0.5, 0.6) is 0 Å². The van der Waals surface area contributed by atoms with Gasteiger partial charge in [-0.25, -0.2) is 4.79 Å². The molecule has 0 radical (unpaired) electrons. The van der Waals surface area contributed by atoms with Crippen molar-refractivity contribution < 1.29 is 14.3 Å². The summed E-state index contributed by atoms with van der Waals surface area (Å²) in [6.45, 7) is 4.26. The first-order valence-corrected chi connectivity index (χ1v) is 15.5. The smallest absolute Gasteiger partial charge is 0.412 e. The number of amides is 1. The van der Waals surface area contributed by atoms with Gasteiger partial charge in [-0.1, -0.05) is 129 Å². The van der Waals surface area contributed by atoms with E-state index in [1.54, 1.807) is 11.8 Å². The molecule has 0 N–H and O–H groups in total. The van der Waals surface area contributed by atoms with Crippen LogP contribution in [0.25, 0.3) is 0 Å². The van der Waals surface area contributed by atoms with Crippen molar-refractivity contribution in [3.63, 3.8) is 0 Å². The van der Waals surface area contributed by atoms with Crippen LogP contribution in [0.3, 0.4) is 0 Å². The molecule has 5 rings (SSSR count). The highest BCUT2D eigenvalue weighted by atomic mass is 35.5. The topological polar surface area (TPSA) is 46.6 Å². The summed E-state index contributed by atoms with van der Waals surface area (Å²) in [5, 5.41) is 0.244. The first-order chi connectivity index (χ1) is 19.9. The molecular formula is C35H34ClNO3S. The molecule has 3 atom stereocenters. The lowest BCUT2D eigenvalue weighted by Gasteiger charge is -2.42. The highest BCUT2D eigenvalue weighted by Gasteiger charge is 2.59. The van der Waals surface area contributed by atoms with E-state index >= 15 is 0 Å².